The van der Waals surface area contributed by atoms with E-state index in [0.717, 1.165) is 43.2 Å². The Labute approximate surface area is 117 Å². The maximum absolute atomic E-state index is 8.95. The lowest BCUT2D eigenvalue weighted by Gasteiger charge is -2.34. The molecule has 0 unspecified atom stereocenters. The summed E-state index contributed by atoms with van der Waals surface area (Å²) in [7, 11) is 0. The van der Waals surface area contributed by atoms with Gasteiger partial charge < -0.3 is 14.5 Å². The molecule has 3 heterocycles. The van der Waals surface area contributed by atoms with Gasteiger partial charge in [-0.1, -0.05) is 5.16 Å². The van der Waals surface area contributed by atoms with E-state index in [1.807, 2.05) is 12.1 Å². The highest BCUT2D eigenvalue weighted by Crippen LogP contribution is 2.32. The Morgan fingerprint density at radius 2 is 2.15 bits per heavy atom. The molecular weight excluding hydrogens is 256 g/mol. The molecule has 20 heavy (non-hydrogen) atoms. The highest BCUT2D eigenvalue weighted by atomic mass is 16.5. The number of aliphatic hydroxyl groups excluding tert-OH is 1. The quantitative estimate of drug-likeness (QED) is 0.915. The van der Waals surface area contributed by atoms with Gasteiger partial charge in [0.15, 0.2) is 0 Å². The summed E-state index contributed by atoms with van der Waals surface area (Å²) in [4.78, 5) is 10.9. The molecule has 2 aromatic rings. The first kappa shape index (κ1) is 13.1. The second-order valence-electron chi connectivity index (χ2n) is 4.95. The minimum atomic E-state index is 0.0742. The number of aliphatic hydroxyl groups is 1. The SMILES string of the molecule is OCCc1cc([C@H]2CCCCN2c2ncccn2)no1. The molecule has 3 rings (SSSR count). The van der Waals surface area contributed by atoms with Crippen molar-refractivity contribution in [1.82, 2.24) is 15.1 Å². The van der Waals surface area contributed by atoms with E-state index in [-0.39, 0.29) is 12.6 Å². The van der Waals surface area contributed by atoms with E-state index >= 15 is 0 Å². The zero-order valence-electron chi connectivity index (χ0n) is 11.3. The van der Waals surface area contributed by atoms with Crippen molar-refractivity contribution in [2.24, 2.45) is 0 Å². The van der Waals surface area contributed by atoms with Crippen LogP contribution in [0.5, 0.6) is 0 Å². The number of piperidine rings is 1. The fourth-order valence-electron chi connectivity index (χ4n) is 2.63. The molecule has 1 aliphatic rings. The topological polar surface area (TPSA) is 75.3 Å². The van der Waals surface area contributed by atoms with Crippen LogP contribution in [0.15, 0.2) is 29.0 Å². The Morgan fingerprint density at radius 3 is 2.95 bits per heavy atom. The maximum atomic E-state index is 8.95. The molecule has 1 fully saturated rings. The number of hydrogen-bond donors (Lipinski definition) is 1. The van der Waals surface area contributed by atoms with Crippen molar-refractivity contribution >= 4 is 5.95 Å². The summed E-state index contributed by atoms with van der Waals surface area (Å²) in [6, 6.07) is 3.91. The monoisotopic (exact) mass is 274 g/mol. The lowest BCUT2D eigenvalue weighted by molar-refractivity contribution is 0.276. The predicted octanol–water partition coefficient (Wildman–Crippen LogP) is 1.73. The first-order chi connectivity index (χ1) is 9.88. The number of nitrogens with zero attached hydrogens (tertiary/aromatic N) is 4. The Balaban J connectivity index is 1.84. The Morgan fingerprint density at radius 1 is 1.30 bits per heavy atom. The molecule has 1 N–H and O–H groups in total. The Bertz CT molecular complexity index is 543. The second kappa shape index (κ2) is 6.00. The molecule has 106 valence electrons. The summed E-state index contributed by atoms with van der Waals surface area (Å²) in [5.74, 6) is 1.46. The molecule has 6 nitrogen and oxygen atoms in total. The molecule has 1 saturated heterocycles. The third kappa shape index (κ3) is 2.65. The van der Waals surface area contributed by atoms with Crippen LogP contribution in [0.4, 0.5) is 5.95 Å². The third-order valence-electron chi connectivity index (χ3n) is 3.59. The molecule has 1 aliphatic heterocycles. The zero-order valence-corrected chi connectivity index (χ0v) is 11.3. The number of hydrogen-bond acceptors (Lipinski definition) is 6. The van der Waals surface area contributed by atoms with Crippen LogP contribution in [-0.4, -0.2) is 33.4 Å². The summed E-state index contributed by atoms with van der Waals surface area (Å²) in [5.41, 5.74) is 0.903. The van der Waals surface area contributed by atoms with Crippen molar-refractivity contribution in [3.8, 4) is 0 Å². The smallest absolute Gasteiger partial charge is 0.225 e. The average Bonchev–Trinajstić information content (AvgIpc) is 2.97. The lowest BCUT2D eigenvalue weighted by Crippen LogP contribution is -2.34. The van der Waals surface area contributed by atoms with Crippen LogP contribution < -0.4 is 4.90 Å². The molecule has 0 amide bonds. The Hall–Kier alpha value is -1.95. The van der Waals surface area contributed by atoms with Crippen molar-refractivity contribution < 1.29 is 9.63 Å². The number of anilines is 1. The van der Waals surface area contributed by atoms with E-state index in [4.69, 9.17) is 9.63 Å². The van der Waals surface area contributed by atoms with Crippen LogP contribution in [0.3, 0.4) is 0 Å². The van der Waals surface area contributed by atoms with Crippen LogP contribution in [0.1, 0.15) is 36.8 Å². The van der Waals surface area contributed by atoms with Crippen molar-refractivity contribution in [3.05, 3.63) is 36.0 Å². The molecule has 2 aromatic heterocycles. The normalized spacial score (nSPS) is 19.2. The average molecular weight is 274 g/mol. The van der Waals surface area contributed by atoms with Crippen molar-refractivity contribution in [1.29, 1.82) is 0 Å². The third-order valence-corrected chi connectivity index (χ3v) is 3.59. The summed E-state index contributed by atoms with van der Waals surface area (Å²) in [6.07, 6.45) is 7.33. The fraction of sp³-hybridized carbons (Fsp3) is 0.500. The first-order valence-electron chi connectivity index (χ1n) is 6.98. The number of rotatable bonds is 4. The molecule has 0 spiro atoms. The molecule has 0 radical (unpaired) electrons. The maximum Gasteiger partial charge on any atom is 0.225 e. The first-order valence-corrected chi connectivity index (χ1v) is 6.98. The van der Waals surface area contributed by atoms with Crippen molar-refractivity contribution in [3.63, 3.8) is 0 Å². The molecule has 1 atom stereocenters. The van der Waals surface area contributed by atoms with E-state index in [1.54, 1.807) is 12.4 Å². The molecule has 0 aliphatic carbocycles. The van der Waals surface area contributed by atoms with Gasteiger partial charge in [-0.15, -0.1) is 0 Å². The largest absolute Gasteiger partial charge is 0.396 e. The molecule has 0 saturated carbocycles. The van der Waals surface area contributed by atoms with Crippen LogP contribution in [0.2, 0.25) is 0 Å². The van der Waals surface area contributed by atoms with Gasteiger partial charge in [0.25, 0.3) is 0 Å². The van der Waals surface area contributed by atoms with Gasteiger partial charge in [-0.05, 0) is 25.3 Å². The summed E-state index contributed by atoms with van der Waals surface area (Å²) in [6.45, 7) is 1.00. The summed E-state index contributed by atoms with van der Waals surface area (Å²) < 4.78 is 5.26. The van der Waals surface area contributed by atoms with Crippen LogP contribution >= 0.6 is 0 Å². The van der Waals surface area contributed by atoms with E-state index in [9.17, 15) is 0 Å². The fourth-order valence-corrected chi connectivity index (χ4v) is 2.63. The van der Waals surface area contributed by atoms with Gasteiger partial charge in [-0.25, -0.2) is 9.97 Å². The van der Waals surface area contributed by atoms with Gasteiger partial charge in [0.05, 0.1) is 12.6 Å². The van der Waals surface area contributed by atoms with Gasteiger partial charge in [0.1, 0.15) is 11.5 Å². The van der Waals surface area contributed by atoms with Crippen molar-refractivity contribution in [2.45, 2.75) is 31.7 Å². The Kier molecular flexibility index (Phi) is 3.92. The van der Waals surface area contributed by atoms with Crippen LogP contribution in [-0.2, 0) is 6.42 Å². The van der Waals surface area contributed by atoms with Gasteiger partial charge in [-0.3, -0.25) is 0 Å². The molecule has 0 bridgehead atoms. The van der Waals surface area contributed by atoms with E-state index in [0.29, 0.717) is 6.42 Å². The lowest BCUT2D eigenvalue weighted by atomic mass is 9.99. The highest BCUT2D eigenvalue weighted by Gasteiger charge is 2.28. The molecular formula is C14H18N4O2. The molecule has 0 aromatic carbocycles. The van der Waals surface area contributed by atoms with Gasteiger partial charge in [-0.2, -0.15) is 0 Å². The second-order valence-corrected chi connectivity index (χ2v) is 4.95. The summed E-state index contributed by atoms with van der Waals surface area (Å²) >= 11 is 0. The minimum absolute atomic E-state index is 0.0742. The van der Waals surface area contributed by atoms with E-state index < -0.39 is 0 Å². The number of aromatic nitrogens is 3. The van der Waals surface area contributed by atoms with Crippen LogP contribution in [0.25, 0.3) is 0 Å². The zero-order chi connectivity index (χ0) is 13.8. The highest BCUT2D eigenvalue weighted by molar-refractivity contribution is 5.34. The van der Waals surface area contributed by atoms with Gasteiger partial charge >= 0.3 is 0 Å². The van der Waals surface area contributed by atoms with Crippen molar-refractivity contribution in [2.75, 3.05) is 18.1 Å². The standard InChI is InChI=1S/C14H18N4O2/c19-9-5-11-10-12(17-20-11)13-4-1-2-8-18(13)14-15-6-3-7-16-14/h3,6-7,10,13,19H,1-2,4-5,8-9H2/t13-/m1/s1. The van der Waals surface area contributed by atoms with Crippen LogP contribution in [0, 0.1) is 0 Å². The minimum Gasteiger partial charge on any atom is -0.396 e. The van der Waals surface area contributed by atoms with Gasteiger partial charge in [0, 0.05) is 31.4 Å². The van der Waals surface area contributed by atoms with Gasteiger partial charge in [0.2, 0.25) is 5.95 Å². The van der Waals surface area contributed by atoms with E-state index in [2.05, 4.69) is 20.0 Å². The predicted molar refractivity (Wildman–Crippen MR) is 73.3 cm³/mol. The molecule has 6 heteroatoms. The van der Waals surface area contributed by atoms with E-state index in [1.165, 1.54) is 0 Å². The summed E-state index contributed by atoms with van der Waals surface area (Å²) in [5, 5.41) is 13.1.